The summed E-state index contributed by atoms with van der Waals surface area (Å²) in [5, 5.41) is 5.45. The summed E-state index contributed by atoms with van der Waals surface area (Å²) >= 11 is 1.47. The predicted molar refractivity (Wildman–Crippen MR) is 150 cm³/mol. The van der Waals surface area contributed by atoms with Crippen molar-refractivity contribution in [3.05, 3.63) is 35.0 Å². The number of likely N-dealkylation sites (tertiary alicyclic amines) is 1. The molecule has 3 aliphatic heterocycles. The number of nitrogens with one attached hydrogen (secondary N) is 1. The Morgan fingerprint density at radius 2 is 2.02 bits per heavy atom. The fourth-order valence-corrected chi connectivity index (χ4v) is 6.44. The lowest BCUT2D eigenvalue weighted by Crippen LogP contribution is -2.52. The van der Waals surface area contributed by atoms with Crippen LogP contribution in [0.15, 0.2) is 23.6 Å². The number of terminal acetylenes is 1. The van der Waals surface area contributed by atoms with E-state index < -0.39 is 29.9 Å². The number of carbonyl (C=O) groups excluding carboxylic acids is 3. The number of carbonyl (C=O) groups is 3. The summed E-state index contributed by atoms with van der Waals surface area (Å²) in [6.45, 7) is 7.60. The van der Waals surface area contributed by atoms with Crippen LogP contribution in [0.2, 0.25) is 0 Å². The maximum Gasteiger partial charge on any atom is 0.252 e. The topological polar surface area (TPSA) is 95.1 Å². The van der Waals surface area contributed by atoms with Gasteiger partial charge in [-0.05, 0) is 37.6 Å². The normalized spacial score (nSPS) is 23.8. The Bertz CT molecular complexity index is 1330. The third-order valence-corrected chi connectivity index (χ3v) is 8.67. The van der Waals surface area contributed by atoms with E-state index in [1.807, 2.05) is 19.2 Å². The van der Waals surface area contributed by atoms with Gasteiger partial charge in [-0.1, -0.05) is 19.8 Å². The Morgan fingerprint density at radius 1 is 1.27 bits per heavy atom. The van der Waals surface area contributed by atoms with Crippen molar-refractivity contribution in [3.63, 3.8) is 0 Å². The monoisotopic (exact) mass is 567 g/mol. The summed E-state index contributed by atoms with van der Waals surface area (Å²) in [6.07, 6.45) is 5.45. The number of benzene rings is 1. The van der Waals surface area contributed by atoms with Gasteiger partial charge >= 0.3 is 0 Å². The summed E-state index contributed by atoms with van der Waals surface area (Å²) in [4.78, 5) is 49.8. The molecule has 1 unspecified atom stereocenters. The van der Waals surface area contributed by atoms with Crippen molar-refractivity contribution in [2.24, 2.45) is 11.8 Å². The van der Waals surface area contributed by atoms with E-state index in [4.69, 9.17) is 11.2 Å². The van der Waals surface area contributed by atoms with Crippen molar-refractivity contribution in [2.45, 2.75) is 38.5 Å². The van der Waals surface area contributed by atoms with Gasteiger partial charge in [-0.25, -0.2) is 9.37 Å². The number of nitrogens with zero attached hydrogens (tertiary/aromatic N) is 4. The number of thiazole rings is 1. The maximum atomic E-state index is 15.2. The van der Waals surface area contributed by atoms with Crippen LogP contribution in [0.1, 0.15) is 30.6 Å². The molecule has 4 heterocycles. The number of piperazine rings is 1. The number of ether oxygens (including phenoxy) is 1. The molecule has 1 N–H and O–H groups in total. The molecule has 212 valence electrons. The van der Waals surface area contributed by atoms with Crippen LogP contribution in [0, 0.1) is 30.0 Å². The SMILES string of the molecule is C#C[C@@H]1CN(C(=O)C(CC(C)C)NC(=O)c2ccc(-c3csc(N4CCN(C)CC4)n3)c(F)c2)[C@@H]2C(=O)CO[C@H]12. The Hall–Kier alpha value is -3.33. The van der Waals surface area contributed by atoms with E-state index in [0.717, 1.165) is 31.3 Å². The number of halogens is 1. The van der Waals surface area contributed by atoms with Gasteiger partial charge < -0.3 is 24.8 Å². The van der Waals surface area contributed by atoms with Crippen molar-refractivity contribution >= 4 is 34.1 Å². The molecule has 0 saturated carbocycles. The molecule has 3 fully saturated rings. The number of anilines is 1. The molecule has 11 heteroatoms. The van der Waals surface area contributed by atoms with Gasteiger partial charge in [0.25, 0.3) is 5.91 Å². The number of hydrogen-bond acceptors (Lipinski definition) is 8. The van der Waals surface area contributed by atoms with Gasteiger partial charge in [0, 0.05) is 49.2 Å². The summed E-state index contributed by atoms with van der Waals surface area (Å²) in [5.74, 6) is 0.595. The largest absolute Gasteiger partial charge is 0.366 e. The van der Waals surface area contributed by atoms with Crippen molar-refractivity contribution < 1.29 is 23.5 Å². The lowest BCUT2D eigenvalue weighted by molar-refractivity contribution is -0.138. The molecule has 40 heavy (non-hydrogen) atoms. The number of rotatable bonds is 7. The predicted octanol–water partition coefficient (Wildman–Crippen LogP) is 2.27. The molecule has 9 nitrogen and oxygen atoms in total. The second kappa shape index (κ2) is 11.6. The summed E-state index contributed by atoms with van der Waals surface area (Å²) in [7, 11) is 2.08. The summed E-state index contributed by atoms with van der Waals surface area (Å²) in [6, 6.07) is 2.61. The highest BCUT2D eigenvalue weighted by molar-refractivity contribution is 7.14. The first-order valence-corrected chi connectivity index (χ1v) is 14.4. The number of amides is 2. The Morgan fingerprint density at radius 3 is 2.70 bits per heavy atom. The average molecular weight is 568 g/mol. The van der Waals surface area contributed by atoms with E-state index in [9.17, 15) is 14.4 Å². The number of Topliss-reactive ketones (excluding diaryl/α,β-unsaturated/α-hetero) is 1. The van der Waals surface area contributed by atoms with Crippen LogP contribution in [0.25, 0.3) is 11.3 Å². The maximum absolute atomic E-state index is 15.2. The zero-order valence-electron chi connectivity index (χ0n) is 22.9. The van der Waals surface area contributed by atoms with Gasteiger partial charge in [0.15, 0.2) is 10.9 Å². The number of hydrogen-bond donors (Lipinski definition) is 1. The lowest BCUT2D eigenvalue weighted by atomic mass is 10.0. The number of fused-ring (bicyclic) bond motifs is 1. The molecule has 1 aromatic carbocycles. The van der Waals surface area contributed by atoms with Crippen molar-refractivity contribution in [1.82, 2.24) is 20.1 Å². The summed E-state index contributed by atoms with van der Waals surface area (Å²) in [5.41, 5.74) is 0.927. The zero-order chi connectivity index (χ0) is 28.6. The van der Waals surface area contributed by atoms with Crippen LogP contribution in [-0.4, -0.2) is 96.9 Å². The highest BCUT2D eigenvalue weighted by atomic mass is 32.1. The second-order valence-corrected chi connectivity index (χ2v) is 11.9. The number of ketones is 1. The molecule has 0 spiro atoms. The molecule has 0 bridgehead atoms. The van der Waals surface area contributed by atoms with E-state index in [1.54, 1.807) is 6.07 Å². The van der Waals surface area contributed by atoms with E-state index >= 15 is 4.39 Å². The van der Waals surface area contributed by atoms with Gasteiger partial charge in [0.05, 0.1) is 11.6 Å². The van der Waals surface area contributed by atoms with Gasteiger partial charge in [-0.15, -0.1) is 17.8 Å². The highest BCUT2D eigenvalue weighted by Gasteiger charge is 2.52. The van der Waals surface area contributed by atoms with Gasteiger partial charge in [-0.3, -0.25) is 14.4 Å². The number of aromatic nitrogens is 1. The van der Waals surface area contributed by atoms with Crippen LogP contribution in [-0.2, 0) is 14.3 Å². The molecular formula is C29H34FN5O4S. The molecule has 3 saturated heterocycles. The lowest BCUT2D eigenvalue weighted by Gasteiger charge is -2.32. The first-order valence-electron chi connectivity index (χ1n) is 13.6. The van der Waals surface area contributed by atoms with Gasteiger partial charge in [-0.2, -0.15) is 0 Å². The van der Waals surface area contributed by atoms with E-state index in [1.165, 1.54) is 28.4 Å². The molecule has 5 rings (SSSR count). The van der Waals surface area contributed by atoms with Crippen LogP contribution in [0.3, 0.4) is 0 Å². The van der Waals surface area contributed by atoms with Crippen molar-refractivity contribution in [3.8, 4) is 23.6 Å². The van der Waals surface area contributed by atoms with Gasteiger partial charge in [0.2, 0.25) is 5.91 Å². The van der Waals surface area contributed by atoms with E-state index in [2.05, 4.69) is 33.1 Å². The molecule has 2 amide bonds. The Kier molecular flexibility index (Phi) is 8.21. The standard InChI is InChI=1S/C29H34FN5O4S/c1-5-18-14-35(25-24(36)15-39-26(18)25)28(38)22(12-17(2)3)31-27(37)19-6-7-20(21(30)13-19)23-16-40-29(32-23)34-10-8-33(4)9-11-34/h1,6-7,13,16-18,22,25-26H,8-12,14-15H2,2-4H3,(H,31,37)/t18-,22?,25-,26-/m1/s1. The average Bonchev–Trinajstić information content (AvgIpc) is 3.65. The fraction of sp³-hybridized carbons (Fsp3) is 0.517. The molecule has 0 aliphatic carbocycles. The first kappa shape index (κ1) is 28.2. The van der Waals surface area contributed by atoms with Crippen LogP contribution in [0.5, 0.6) is 0 Å². The van der Waals surface area contributed by atoms with Crippen LogP contribution in [0.4, 0.5) is 9.52 Å². The van der Waals surface area contributed by atoms with Crippen molar-refractivity contribution in [2.75, 3.05) is 51.3 Å². The molecule has 3 aliphatic rings. The third-order valence-electron chi connectivity index (χ3n) is 7.77. The van der Waals surface area contributed by atoms with Gasteiger partial charge in [0.1, 0.15) is 30.6 Å². The third kappa shape index (κ3) is 5.61. The summed E-state index contributed by atoms with van der Waals surface area (Å²) < 4.78 is 20.8. The van der Waals surface area contributed by atoms with E-state index in [0.29, 0.717) is 17.7 Å². The minimum absolute atomic E-state index is 0.0740. The molecule has 1 aromatic heterocycles. The first-order chi connectivity index (χ1) is 19.2. The minimum atomic E-state index is -0.898. The smallest absolute Gasteiger partial charge is 0.252 e. The molecule has 2 aromatic rings. The Labute approximate surface area is 237 Å². The highest BCUT2D eigenvalue weighted by Crippen LogP contribution is 2.33. The molecule has 4 atom stereocenters. The minimum Gasteiger partial charge on any atom is -0.366 e. The number of likely N-dealkylation sites (N-methyl/N-ethyl adjacent to an activating group) is 1. The second-order valence-electron chi connectivity index (χ2n) is 11.1. The van der Waals surface area contributed by atoms with Crippen molar-refractivity contribution in [1.29, 1.82) is 0 Å². The fourth-order valence-electron chi connectivity index (χ4n) is 5.56. The van der Waals surface area contributed by atoms with E-state index in [-0.39, 0.29) is 42.2 Å². The molecule has 0 radical (unpaired) electrons. The van der Waals surface area contributed by atoms with Crippen LogP contribution < -0.4 is 10.2 Å². The zero-order valence-corrected chi connectivity index (χ0v) is 23.7. The molecular weight excluding hydrogens is 533 g/mol. The quantitative estimate of drug-likeness (QED) is 0.513. The van der Waals surface area contributed by atoms with Crippen LogP contribution >= 0.6 is 11.3 Å². The Balaban J connectivity index is 1.30.